The second-order valence-corrected chi connectivity index (χ2v) is 28.9. The second-order valence-electron chi connectivity index (χ2n) is 27.8. The molecule has 368 valence electrons. The smallest absolute Gasteiger partial charge is 0.257 e. The minimum absolute atomic E-state index is 0.0222. The van der Waals surface area contributed by atoms with Gasteiger partial charge < -0.3 is 9.32 Å². The number of thiophene rings is 1. The third-order valence-corrected chi connectivity index (χ3v) is 20.6. The Bertz CT molecular complexity index is 3620. The molecule has 0 amide bonds. The summed E-state index contributed by atoms with van der Waals surface area (Å²) in [4.78, 5) is 5.33. The maximum absolute atomic E-state index is 7.75. The van der Waals surface area contributed by atoms with Crippen LogP contribution in [0, 0.1) is 5.92 Å². The molecule has 2 aromatic heterocycles. The molecule has 0 saturated carbocycles. The highest BCUT2D eigenvalue weighted by atomic mass is 32.1. The highest BCUT2D eigenvalue weighted by Gasteiger charge is 2.50. The molecule has 72 heavy (non-hydrogen) atoms. The van der Waals surface area contributed by atoms with E-state index in [0.29, 0.717) is 11.8 Å². The number of hydrogen-bond donors (Lipinski definition) is 0. The average Bonchev–Trinajstić information content (AvgIpc) is 3.89. The van der Waals surface area contributed by atoms with Crippen LogP contribution in [0.1, 0.15) is 187 Å². The molecule has 13 rings (SSSR count). The van der Waals surface area contributed by atoms with Crippen LogP contribution in [0.15, 0.2) is 101 Å². The lowest BCUT2D eigenvalue weighted by Crippen LogP contribution is -2.61. The number of benzene rings is 6. The van der Waals surface area contributed by atoms with Crippen molar-refractivity contribution in [1.29, 1.82) is 0 Å². The van der Waals surface area contributed by atoms with E-state index >= 15 is 0 Å². The van der Waals surface area contributed by atoms with Crippen molar-refractivity contribution in [2.45, 2.75) is 181 Å². The van der Waals surface area contributed by atoms with Crippen molar-refractivity contribution in [3.05, 3.63) is 136 Å². The van der Waals surface area contributed by atoms with Crippen LogP contribution in [0.3, 0.4) is 0 Å². The first kappa shape index (κ1) is 46.5. The Balaban J connectivity index is 1.21. The zero-order valence-corrected chi connectivity index (χ0v) is 46.7. The number of nitrogens with zero attached hydrogens (tertiary/aromatic N) is 2. The summed E-state index contributed by atoms with van der Waals surface area (Å²) in [7, 11) is 0. The average molecular weight is 967 g/mol. The Hall–Kier alpha value is -5.26. The minimum Gasteiger partial charge on any atom is -0.440 e. The summed E-state index contributed by atoms with van der Waals surface area (Å²) in [6.07, 6.45) is 7.06. The quantitative estimate of drug-likeness (QED) is 0.165. The Morgan fingerprint density at radius 2 is 1.17 bits per heavy atom. The lowest BCUT2D eigenvalue weighted by Gasteiger charge is -2.47. The summed E-state index contributed by atoms with van der Waals surface area (Å²) < 4.78 is 10.4. The van der Waals surface area contributed by atoms with Crippen LogP contribution < -0.4 is 26.2 Å². The summed E-state index contributed by atoms with van der Waals surface area (Å²) in [5.74, 6) is 2.02. The molecule has 3 nitrogen and oxygen atoms in total. The van der Waals surface area contributed by atoms with E-state index in [1.807, 2.05) is 11.3 Å². The van der Waals surface area contributed by atoms with Gasteiger partial charge in [0.15, 0.2) is 0 Å². The van der Waals surface area contributed by atoms with Gasteiger partial charge in [-0.3, -0.25) is 4.90 Å². The maximum atomic E-state index is 7.75. The molecule has 8 aromatic rings. The molecule has 0 fully saturated rings. The van der Waals surface area contributed by atoms with Gasteiger partial charge in [0.05, 0.1) is 5.69 Å². The van der Waals surface area contributed by atoms with E-state index in [1.165, 1.54) is 129 Å². The van der Waals surface area contributed by atoms with Gasteiger partial charge in [-0.2, -0.15) is 0 Å². The molecule has 1 unspecified atom stereocenters. The first-order valence-corrected chi connectivity index (χ1v) is 28.3. The number of hydrogen-bond acceptors (Lipinski definition) is 4. The highest BCUT2D eigenvalue weighted by molar-refractivity contribution is 7.26. The monoisotopic (exact) mass is 967 g/mol. The molecule has 3 aliphatic carbocycles. The number of rotatable bonds is 3. The fraction of sp³-hybridized carbons (Fsp3) is 0.433. The Labute approximate surface area is 434 Å². The summed E-state index contributed by atoms with van der Waals surface area (Å²) >= 11 is 1.92. The zero-order chi connectivity index (χ0) is 50.6. The third-order valence-electron chi connectivity index (χ3n) is 19.4. The van der Waals surface area contributed by atoms with Gasteiger partial charge in [0.2, 0.25) is 5.88 Å². The number of furan rings is 1. The lowest BCUT2D eigenvalue weighted by molar-refractivity contribution is 0.332. The Morgan fingerprint density at radius 3 is 1.85 bits per heavy atom. The van der Waals surface area contributed by atoms with Crippen molar-refractivity contribution in [2.75, 3.05) is 9.80 Å². The molecular formula is C67H75BN2OS. The summed E-state index contributed by atoms with van der Waals surface area (Å²) in [6.45, 7) is 36.8. The summed E-state index contributed by atoms with van der Waals surface area (Å²) in [5, 5.41) is 3.94. The fourth-order valence-corrected chi connectivity index (χ4v) is 15.8. The zero-order valence-electron chi connectivity index (χ0n) is 45.9. The second kappa shape index (κ2) is 15.0. The van der Waals surface area contributed by atoms with Crippen LogP contribution in [-0.2, 0) is 32.5 Å². The largest absolute Gasteiger partial charge is 0.440 e. The first-order chi connectivity index (χ1) is 33.9. The van der Waals surface area contributed by atoms with E-state index in [4.69, 9.17) is 4.42 Å². The standard InChI is InChI=1S/C67H75BN2OS/c1-38(2)41-25-26-63(6,7)46-37-55-44(34-43(41)46)59-61(71-55)69(40-23-24-45-47(33-40)65(10,11)28-27-64(45,8)9)53-31-39(62(3,4)5)32-54-60(53)68(59)50-35-48-49(67(14,15)30-29-66(48,12)13)36-52(50)70(54)51-20-18-22-57-58(51)42-19-16-17-21-56(42)72-57/h16-24,31-38,41H,25-30H2,1-15H3. The highest BCUT2D eigenvalue weighted by Crippen LogP contribution is 2.56. The van der Waals surface area contributed by atoms with E-state index in [2.05, 4.69) is 211 Å². The minimum atomic E-state index is -0.145. The molecule has 5 aliphatic rings. The van der Waals surface area contributed by atoms with Crippen LogP contribution in [0.5, 0.6) is 0 Å². The third kappa shape index (κ3) is 6.53. The van der Waals surface area contributed by atoms with Crippen LogP contribution in [0.2, 0.25) is 0 Å². The van der Waals surface area contributed by atoms with Gasteiger partial charge in [-0.1, -0.05) is 140 Å². The van der Waals surface area contributed by atoms with Gasteiger partial charge in [-0.25, -0.2) is 0 Å². The van der Waals surface area contributed by atoms with Crippen LogP contribution in [0.4, 0.5) is 34.3 Å². The molecule has 4 heterocycles. The van der Waals surface area contributed by atoms with Crippen LogP contribution >= 0.6 is 11.3 Å². The number of anilines is 6. The van der Waals surface area contributed by atoms with Gasteiger partial charge >= 0.3 is 0 Å². The molecule has 0 radical (unpaired) electrons. The summed E-state index contributed by atoms with van der Waals surface area (Å²) in [6, 6.07) is 39.3. The van der Waals surface area contributed by atoms with E-state index in [1.54, 1.807) is 0 Å². The van der Waals surface area contributed by atoms with Crippen molar-refractivity contribution in [3.63, 3.8) is 0 Å². The predicted octanol–water partition coefficient (Wildman–Crippen LogP) is 17.7. The Kier molecular flexibility index (Phi) is 9.66. The van der Waals surface area contributed by atoms with Crippen LogP contribution in [-0.4, -0.2) is 6.71 Å². The van der Waals surface area contributed by atoms with E-state index in [0.717, 1.165) is 30.7 Å². The topological polar surface area (TPSA) is 19.6 Å². The summed E-state index contributed by atoms with van der Waals surface area (Å²) in [5.41, 5.74) is 21.7. The molecule has 0 N–H and O–H groups in total. The van der Waals surface area contributed by atoms with Gasteiger partial charge in [0, 0.05) is 53.8 Å². The van der Waals surface area contributed by atoms with E-state index in [-0.39, 0.29) is 39.2 Å². The van der Waals surface area contributed by atoms with Gasteiger partial charge in [-0.15, -0.1) is 11.3 Å². The molecule has 5 heteroatoms. The van der Waals surface area contributed by atoms with Crippen molar-refractivity contribution in [2.24, 2.45) is 5.92 Å². The number of fused-ring (bicyclic) bond motifs is 12. The van der Waals surface area contributed by atoms with E-state index in [9.17, 15) is 0 Å². The van der Waals surface area contributed by atoms with Crippen molar-refractivity contribution in [3.8, 4) is 0 Å². The molecule has 6 aromatic carbocycles. The molecular weight excluding hydrogens is 892 g/mol. The Morgan fingerprint density at radius 1 is 0.556 bits per heavy atom. The molecule has 2 aliphatic heterocycles. The van der Waals surface area contributed by atoms with Gasteiger partial charge in [0.25, 0.3) is 6.71 Å². The molecule has 0 saturated heterocycles. The maximum Gasteiger partial charge on any atom is 0.257 e. The predicted molar refractivity (Wildman–Crippen MR) is 312 cm³/mol. The first-order valence-electron chi connectivity index (χ1n) is 27.5. The molecule has 1 atom stereocenters. The van der Waals surface area contributed by atoms with Crippen molar-refractivity contribution < 1.29 is 4.42 Å². The normalized spacial score (nSPS) is 20.8. The van der Waals surface area contributed by atoms with E-state index < -0.39 is 0 Å². The van der Waals surface area contributed by atoms with Gasteiger partial charge in [0.1, 0.15) is 5.58 Å². The van der Waals surface area contributed by atoms with Crippen molar-refractivity contribution >= 4 is 99.9 Å². The fourth-order valence-electron chi connectivity index (χ4n) is 14.6. The lowest BCUT2D eigenvalue weighted by atomic mass is 9.33. The molecule has 0 bridgehead atoms. The SMILES string of the molecule is CC(C)C1CCC(C)(C)c2cc3oc4c(c3cc21)B1c2cc3c(cc2N(c2cccc5sc6ccccc6c25)c2cc(C(C)(C)C)cc(c21)N4c1ccc2c(c1)C(C)(C)CCC2(C)C)C(C)(C)CCC3(C)C. The molecule has 0 spiro atoms. The van der Waals surface area contributed by atoms with Gasteiger partial charge in [-0.05, 0) is 193 Å². The van der Waals surface area contributed by atoms with Crippen molar-refractivity contribution in [1.82, 2.24) is 0 Å². The van der Waals surface area contributed by atoms with Crippen LogP contribution in [0.25, 0.3) is 31.1 Å².